The third-order valence-corrected chi connectivity index (χ3v) is 8.89. The fraction of sp³-hybridized carbons (Fsp3) is 0.424. The molecule has 0 spiro atoms. The van der Waals surface area contributed by atoms with Gasteiger partial charge in [-0.3, -0.25) is 14.4 Å². The maximum Gasteiger partial charge on any atom is 0.357 e. The molecule has 2 aromatic carbocycles. The number of anilines is 2. The van der Waals surface area contributed by atoms with Gasteiger partial charge in [-0.25, -0.2) is 9.78 Å². The summed E-state index contributed by atoms with van der Waals surface area (Å²) in [4.78, 5) is 55.4. The number of nitrogens with zero attached hydrogens (tertiary/aromatic N) is 1. The van der Waals surface area contributed by atoms with Crippen LogP contribution in [0.3, 0.4) is 0 Å². The Morgan fingerprint density at radius 2 is 1.78 bits per heavy atom. The molecule has 1 aromatic heterocycles. The molecule has 12 nitrogen and oxygen atoms in total. The second kappa shape index (κ2) is 15.1. The number of ether oxygens (including phenoxy) is 4. The highest BCUT2D eigenvalue weighted by Gasteiger charge is 2.29. The Kier molecular flexibility index (Phi) is 11.2. The lowest BCUT2D eigenvalue weighted by molar-refractivity contribution is -0.119. The Hall–Kier alpha value is -4.65. The van der Waals surface area contributed by atoms with Gasteiger partial charge in [-0.15, -0.1) is 11.3 Å². The van der Waals surface area contributed by atoms with Crippen molar-refractivity contribution >= 4 is 39.9 Å². The van der Waals surface area contributed by atoms with Crippen molar-refractivity contribution in [2.24, 2.45) is 0 Å². The molecule has 3 aromatic rings. The number of benzene rings is 1. The number of nitrogens with one attached hydrogen (secondary N) is 3. The lowest BCUT2D eigenvalue weighted by Crippen LogP contribution is -2.26. The van der Waals surface area contributed by atoms with E-state index < -0.39 is 12.0 Å². The average molecular weight is 653 g/mol. The zero-order chi connectivity index (χ0) is 33.5. The van der Waals surface area contributed by atoms with Crippen molar-refractivity contribution in [3.8, 4) is 28.4 Å². The van der Waals surface area contributed by atoms with Crippen molar-refractivity contribution in [2.45, 2.75) is 58.4 Å². The Morgan fingerprint density at radius 3 is 2.41 bits per heavy atom. The van der Waals surface area contributed by atoms with Crippen LogP contribution >= 0.6 is 11.3 Å². The van der Waals surface area contributed by atoms with Crippen LogP contribution in [0.5, 0.6) is 17.2 Å². The van der Waals surface area contributed by atoms with Crippen LogP contribution in [0.15, 0.2) is 29.1 Å². The van der Waals surface area contributed by atoms with E-state index in [1.54, 1.807) is 26.4 Å². The van der Waals surface area contributed by atoms with Crippen LogP contribution in [0, 0.1) is 0 Å². The third kappa shape index (κ3) is 7.41. The first-order valence-corrected chi connectivity index (χ1v) is 15.7. The Labute approximate surface area is 271 Å². The van der Waals surface area contributed by atoms with Gasteiger partial charge in [-0.2, -0.15) is 0 Å². The molecule has 0 saturated heterocycles. The van der Waals surface area contributed by atoms with E-state index in [-0.39, 0.29) is 35.3 Å². The number of amides is 2. The first-order valence-electron chi connectivity index (χ1n) is 14.9. The first kappa shape index (κ1) is 34.2. The van der Waals surface area contributed by atoms with Gasteiger partial charge in [0.1, 0.15) is 0 Å². The van der Waals surface area contributed by atoms with Gasteiger partial charge in [-0.1, -0.05) is 19.9 Å². The van der Waals surface area contributed by atoms with E-state index in [0.29, 0.717) is 59.4 Å². The van der Waals surface area contributed by atoms with Gasteiger partial charge in [0.2, 0.25) is 23.0 Å². The van der Waals surface area contributed by atoms with Gasteiger partial charge in [0.05, 0.1) is 40.2 Å². The molecule has 0 saturated carbocycles. The SMILES string of the molecule is COC(=O)c1nc(NC(=O)CCCNc2ccc3c(cc2=O)[C@H](NC(C)=O)CCc2cc(OC)c(OC)c(OC)c2-3)sc1C(C)C. The van der Waals surface area contributed by atoms with Crippen molar-refractivity contribution in [1.29, 1.82) is 0 Å². The number of fused-ring (bicyclic) bond motifs is 3. The molecule has 0 bridgehead atoms. The predicted molar refractivity (Wildman–Crippen MR) is 177 cm³/mol. The highest BCUT2D eigenvalue weighted by molar-refractivity contribution is 7.16. The molecule has 0 fully saturated rings. The number of methoxy groups -OCH3 is 4. The summed E-state index contributed by atoms with van der Waals surface area (Å²) in [6.45, 7) is 5.67. The fourth-order valence-corrected chi connectivity index (χ4v) is 6.50. The third-order valence-electron chi connectivity index (χ3n) is 7.61. The minimum atomic E-state index is -0.546. The van der Waals surface area contributed by atoms with Crippen LogP contribution in [0.2, 0.25) is 0 Å². The van der Waals surface area contributed by atoms with E-state index >= 15 is 0 Å². The molecule has 13 heteroatoms. The Balaban J connectivity index is 1.57. The lowest BCUT2D eigenvalue weighted by Gasteiger charge is -2.19. The van der Waals surface area contributed by atoms with Crippen molar-refractivity contribution in [1.82, 2.24) is 10.3 Å². The van der Waals surface area contributed by atoms with Gasteiger partial charge in [0, 0.05) is 30.3 Å². The first-order chi connectivity index (χ1) is 22.0. The quantitative estimate of drug-likeness (QED) is 0.179. The molecule has 1 atom stereocenters. The maximum atomic E-state index is 13.5. The number of rotatable bonds is 12. The molecule has 0 unspecified atom stereocenters. The van der Waals surface area contributed by atoms with E-state index in [9.17, 15) is 19.2 Å². The minimum Gasteiger partial charge on any atom is -0.493 e. The number of aryl methyl sites for hydroxylation is 1. The van der Waals surface area contributed by atoms with Crippen LogP contribution < -0.4 is 35.6 Å². The standard InChI is InChI=1S/C33H40N4O8S/c1-17(2)31-28(32(41)45-7)37-33(46-31)36-26(40)9-8-14-34-23-13-11-20-21(16-24(23)39)22(35-18(3)38)12-10-19-15-25(42-4)29(43-5)30(44-6)27(19)20/h11,13,15-17,22H,8-10,12,14H2,1-7H3,(H,34,39)(H,35,38)(H,36,37,40)/t22-/m1/s1. The van der Waals surface area contributed by atoms with Gasteiger partial charge >= 0.3 is 5.97 Å². The van der Waals surface area contributed by atoms with Crippen molar-refractivity contribution in [2.75, 3.05) is 45.6 Å². The van der Waals surface area contributed by atoms with Crippen molar-refractivity contribution < 1.29 is 33.3 Å². The largest absolute Gasteiger partial charge is 0.493 e. The monoisotopic (exact) mass is 652 g/mol. The van der Waals surface area contributed by atoms with Gasteiger partial charge in [0.15, 0.2) is 22.3 Å². The van der Waals surface area contributed by atoms with E-state index in [1.807, 2.05) is 26.0 Å². The molecule has 46 heavy (non-hydrogen) atoms. The van der Waals surface area contributed by atoms with E-state index in [2.05, 4.69) is 20.9 Å². The lowest BCUT2D eigenvalue weighted by atomic mass is 9.95. The number of thiazole rings is 1. The summed E-state index contributed by atoms with van der Waals surface area (Å²) >= 11 is 1.24. The summed E-state index contributed by atoms with van der Waals surface area (Å²) in [6.07, 6.45) is 1.74. The molecule has 3 N–H and O–H groups in total. The number of aromatic nitrogens is 1. The second-order valence-electron chi connectivity index (χ2n) is 11.1. The minimum absolute atomic E-state index is 0.0397. The molecule has 0 radical (unpaired) electrons. The molecule has 1 aliphatic rings. The zero-order valence-corrected chi connectivity index (χ0v) is 27.9. The molecule has 2 amide bonds. The summed E-state index contributed by atoms with van der Waals surface area (Å²) in [7, 11) is 5.93. The average Bonchev–Trinajstić information content (AvgIpc) is 3.31. The molecular weight excluding hydrogens is 612 g/mol. The summed E-state index contributed by atoms with van der Waals surface area (Å²) in [5.74, 6) is 0.444. The Bertz CT molecular complexity index is 1690. The number of carbonyl (C=O) groups excluding carboxylic acids is 3. The highest BCUT2D eigenvalue weighted by Crippen LogP contribution is 2.50. The second-order valence-corrected chi connectivity index (χ2v) is 12.1. The number of hydrogen-bond donors (Lipinski definition) is 3. The van der Waals surface area contributed by atoms with Crippen LogP contribution in [0.4, 0.5) is 10.8 Å². The molecule has 1 heterocycles. The maximum absolute atomic E-state index is 13.5. The molecule has 4 rings (SSSR count). The topological polar surface area (TPSA) is 154 Å². The van der Waals surface area contributed by atoms with Crippen LogP contribution in [0.25, 0.3) is 11.1 Å². The number of esters is 1. The van der Waals surface area contributed by atoms with E-state index in [1.165, 1.54) is 32.5 Å². The summed E-state index contributed by atoms with van der Waals surface area (Å²) < 4.78 is 21.9. The normalized spacial score (nSPS) is 13.5. The van der Waals surface area contributed by atoms with Gasteiger partial charge in [-0.05, 0) is 60.1 Å². The van der Waals surface area contributed by atoms with Crippen LogP contribution in [-0.4, -0.2) is 57.8 Å². The highest BCUT2D eigenvalue weighted by atomic mass is 32.1. The van der Waals surface area contributed by atoms with E-state index in [0.717, 1.165) is 21.6 Å². The zero-order valence-electron chi connectivity index (χ0n) is 27.1. The molecule has 1 aliphatic carbocycles. The van der Waals surface area contributed by atoms with E-state index in [4.69, 9.17) is 18.9 Å². The molecule has 246 valence electrons. The van der Waals surface area contributed by atoms with Crippen molar-refractivity contribution in [3.63, 3.8) is 0 Å². The predicted octanol–water partition coefficient (Wildman–Crippen LogP) is 5.06. The van der Waals surface area contributed by atoms with Crippen LogP contribution in [0.1, 0.15) is 78.5 Å². The Morgan fingerprint density at radius 1 is 1.04 bits per heavy atom. The number of hydrogen-bond acceptors (Lipinski definition) is 11. The summed E-state index contributed by atoms with van der Waals surface area (Å²) in [5.41, 5.74) is 3.37. The fourth-order valence-electron chi connectivity index (χ4n) is 5.53. The van der Waals surface area contributed by atoms with Crippen LogP contribution in [-0.2, 0) is 20.7 Å². The van der Waals surface area contributed by atoms with Crippen molar-refractivity contribution in [3.05, 3.63) is 56.2 Å². The number of carbonyl (C=O) groups is 3. The van der Waals surface area contributed by atoms with Gasteiger partial charge in [0.25, 0.3) is 0 Å². The molecular formula is C33H40N4O8S. The summed E-state index contributed by atoms with van der Waals surface area (Å²) in [6, 6.07) is 6.57. The van der Waals surface area contributed by atoms with Gasteiger partial charge < -0.3 is 34.9 Å². The summed E-state index contributed by atoms with van der Waals surface area (Å²) in [5, 5.41) is 9.25. The smallest absolute Gasteiger partial charge is 0.357 e. The molecule has 0 aliphatic heterocycles.